The molecule has 0 spiro atoms. The second kappa shape index (κ2) is 6.06. The lowest BCUT2D eigenvalue weighted by Crippen LogP contribution is -2.00. The molecule has 0 aromatic heterocycles. The van der Waals surface area contributed by atoms with Crippen molar-refractivity contribution in [2.45, 2.75) is 26.9 Å². The van der Waals surface area contributed by atoms with Gasteiger partial charge < -0.3 is 4.74 Å². The van der Waals surface area contributed by atoms with Crippen molar-refractivity contribution in [3.05, 3.63) is 64.7 Å². The topological polar surface area (TPSA) is 33.0 Å². The van der Waals surface area contributed by atoms with E-state index >= 15 is 0 Å². The molecular formula is C17H17NO. The average molecular weight is 251 g/mol. The highest BCUT2D eigenvalue weighted by Crippen LogP contribution is 2.25. The fourth-order valence-electron chi connectivity index (χ4n) is 2.19. The Morgan fingerprint density at radius 2 is 1.63 bits per heavy atom. The van der Waals surface area contributed by atoms with E-state index in [1.54, 1.807) is 0 Å². The molecule has 2 nitrogen and oxygen atoms in total. The Morgan fingerprint density at radius 1 is 1.00 bits per heavy atom. The third kappa shape index (κ3) is 3.35. The van der Waals surface area contributed by atoms with Gasteiger partial charge in [-0.25, -0.2) is 0 Å². The molecule has 0 unspecified atom stereocenters. The third-order valence-electron chi connectivity index (χ3n) is 3.03. The molecule has 0 atom stereocenters. The molecule has 2 rings (SSSR count). The summed E-state index contributed by atoms with van der Waals surface area (Å²) in [4.78, 5) is 0. The van der Waals surface area contributed by atoms with E-state index in [4.69, 9.17) is 10.00 Å². The van der Waals surface area contributed by atoms with Gasteiger partial charge in [-0.15, -0.1) is 0 Å². The summed E-state index contributed by atoms with van der Waals surface area (Å²) in [6.07, 6.45) is 0.445. The summed E-state index contributed by atoms with van der Waals surface area (Å²) in [7, 11) is 0. The highest BCUT2D eigenvalue weighted by molar-refractivity contribution is 5.44. The fraction of sp³-hybridized carbons (Fsp3) is 0.235. The molecule has 0 amide bonds. The Kier molecular flexibility index (Phi) is 4.20. The number of rotatable bonds is 4. The Balaban J connectivity index is 2.15. The first-order valence-corrected chi connectivity index (χ1v) is 6.34. The van der Waals surface area contributed by atoms with Crippen molar-refractivity contribution in [1.29, 1.82) is 5.26 Å². The van der Waals surface area contributed by atoms with Gasteiger partial charge in [0.2, 0.25) is 0 Å². The van der Waals surface area contributed by atoms with E-state index in [2.05, 4.69) is 18.2 Å². The van der Waals surface area contributed by atoms with Gasteiger partial charge in [-0.2, -0.15) is 5.26 Å². The smallest absolute Gasteiger partial charge is 0.125 e. The molecular weight excluding hydrogens is 234 g/mol. The van der Waals surface area contributed by atoms with Crippen molar-refractivity contribution in [2.24, 2.45) is 0 Å². The molecule has 0 saturated heterocycles. The molecule has 0 N–H and O–H groups in total. The van der Waals surface area contributed by atoms with Gasteiger partial charge in [-0.1, -0.05) is 42.5 Å². The highest BCUT2D eigenvalue weighted by atomic mass is 16.5. The van der Waals surface area contributed by atoms with Crippen LogP contribution in [-0.4, -0.2) is 0 Å². The first-order valence-electron chi connectivity index (χ1n) is 6.34. The summed E-state index contributed by atoms with van der Waals surface area (Å²) < 4.78 is 5.90. The third-order valence-corrected chi connectivity index (χ3v) is 3.03. The van der Waals surface area contributed by atoms with Gasteiger partial charge >= 0.3 is 0 Å². The minimum Gasteiger partial charge on any atom is -0.488 e. The van der Waals surface area contributed by atoms with Gasteiger partial charge in [0.05, 0.1) is 12.5 Å². The lowest BCUT2D eigenvalue weighted by atomic mass is 10.0. The van der Waals surface area contributed by atoms with Crippen LogP contribution in [0.25, 0.3) is 0 Å². The van der Waals surface area contributed by atoms with Crippen LogP contribution >= 0.6 is 0 Å². The zero-order valence-electron chi connectivity index (χ0n) is 11.3. The van der Waals surface area contributed by atoms with E-state index in [9.17, 15) is 0 Å². The van der Waals surface area contributed by atoms with Gasteiger partial charge in [-0.3, -0.25) is 0 Å². The Labute approximate surface area is 114 Å². The largest absolute Gasteiger partial charge is 0.488 e. The molecule has 0 aliphatic heterocycles. The zero-order valence-corrected chi connectivity index (χ0v) is 11.3. The Hall–Kier alpha value is -2.27. The van der Waals surface area contributed by atoms with Gasteiger partial charge in [0.25, 0.3) is 0 Å². The molecule has 0 fully saturated rings. The predicted molar refractivity (Wildman–Crippen MR) is 76.0 cm³/mol. The molecule has 0 saturated carbocycles. The number of hydrogen-bond donors (Lipinski definition) is 0. The minimum absolute atomic E-state index is 0.445. The van der Waals surface area contributed by atoms with Crippen LogP contribution in [0.4, 0.5) is 0 Å². The second-order valence-corrected chi connectivity index (χ2v) is 4.67. The number of nitrogens with zero attached hydrogens (tertiary/aromatic N) is 1. The highest BCUT2D eigenvalue weighted by Gasteiger charge is 2.06. The van der Waals surface area contributed by atoms with Crippen LogP contribution in [0, 0.1) is 25.2 Å². The summed E-state index contributed by atoms with van der Waals surface area (Å²) >= 11 is 0. The summed E-state index contributed by atoms with van der Waals surface area (Å²) in [5, 5.41) is 8.74. The maximum absolute atomic E-state index is 8.74. The number of ether oxygens (including phenoxy) is 1. The molecule has 0 heterocycles. The van der Waals surface area contributed by atoms with Crippen molar-refractivity contribution < 1.29 is 4.74 Å². The molecule has 0 aliphatic carbocycles. The van der Waals surface area contributed by atoms with Crippen molar-refractivity contribution in [2.75, 3.05) is 0 Å². The summed E-state index contributed by atoms with van der Waals surface area (Å²) in [6.45, 7) is 4.61. The quantitative estimate of drug-likeness (QED) is 0.824. The van der Waals surface area contributed by atoms with E-state index in [1.165, 1.54) is 0 Å². The lowest BCUT2D eigenvalue weighted by molar-refractivity contribution is 0.302. The number of hydrogen-bond acceptors (Lipinski definition) is 2. The van der Waals surface area contributed by atoms with Crippen LogP contribution in [-0.2, 0) is 13.0 Å². The number of nitriles is 1. The normalized spacial score (nSPS) is 9.95. The van der Waals surface area contributed by atoms with E-state index in [-0.39, 0.29) is 0 Å². The first-order chi connectivity index (χ1) is 9.20. The standard InChI is InChI=1S/C17H17NO/c1-13-10-16(8-9-18)11-14(2)17(13)19-12-15-6-4-3-5-7-15/h3-7,10-11H,8,12H2,1-2H3. The fourth-order valence-corrected chi connectivity index (χ4v) is 2.19. The monoisotopic (exact) mass is 251 g/mol. The SMILES string of the molecule is Cc1cc(CC#N)cc(C)c1OCc1ccccc1. The zero-order chi connectivity index (χ0) is 13.7. The second-order valence-electron chi connectivity index (χ2n) is 4.67. The molecule has 96 valence electrons. The maximum Gasteiger partial charge on any atom is 0.125 e. The average Bonchev–Trinajstić information content (AvgIpc) is 2.39. The van der Waals surface area contributed by atoms with Crippen LogP contribution in [0.1, 0.15) is 22.3 Å². The van der Waals surface area contributed by atoms with Crippen LogP contribution in [0.3, 0.4) is 0 Å². The van der Waals surface area contributed by atoms with Crippen molar-refractivity contribution in [1.82, 2.24) is 0 Å². The summed E-state index contributed by atoms with van der Waals surface area (Å²) in [5.74, 6) is 0.922. The number of aryl methyl sites for hydroxylation is 2. The van der Waals surface area contributed by atoms with E-state index < -0.39 is 0 Å². The lowest BCUT2D eigenvalue weighted by Gasteiger charge is -2.13. The van der Waals surface area contributed by atoms with E-state index in [1.807, 2.05) is 44.2 Å². The Bertz CT molecular complexity index is 573. The van der Waals surface area contributed by atoms with Crippen molar-refractivity contribution in [3.63, 3.8) is 0 Å². The molecule has 19 heavy (non-hydrogen) atoms. The summed E-state index contributed by atoms with van der Waals surface area (Å²) in [5.41, 5.74) is 4.37. The van der Waals surface area contributed by atoms with E-state index in [0.29, 0.717) is 13.0 Å². The number of benzene rings is 2. The molecule has 2 heteroatoms. The molecule has 0 radical (unpaired) electrons. The van der Waals surface area contributed by atoms with E-state index in [0.717, 1.165) is 28.0 Å². The van der Waals surface area contributed by atoms with Crippen LogP contribution in [0.2, 0.25) is 0 Å². The van der Waals surface area contributed by atoms with Gasteiger partial charge in [0, 0.05) is 0 Å². The molecule has 2 aromatic rings. The van der Waals surface area contributed by atoms with Gasteiger partial charge in [-0.05, 0) is 36.1 Å². The van der Waals surface area contributed by atoms with Crippen molar-refractivity contribution in [3.8, 4) is 11.8 Å². The van der Waals surface area contributed by atoms with Crippen molar-refractivity contribution >= 4 is 0 Å². The molecule has 2 aromatic carbocycles. The molecule has 0 aliphatic rings. The van der Waals surface area contributed by atoms with Crippen LogP contribution in [0.5, 0.6) is 5.75 Å². The molecule has 0 bridgehead atoms. The maximum atomic E-state index is 8.74. The van der Waals surface area contributed by atoms with Crippen LogP contribution in [0.15, 0.2) is 42.5 Å². The van der Waals surface area contributed by atoms with Gasteiger partial charge in [0.15, 0.2) is 0 Å². The summed E-state index contributed by atoms with van der Waals surface area (Å²) in [6, 6.07) is 16.3. The predicted octanol–water partition coefficient (Wildman–Crippen LogP) is 3.95. The first kappa shape index (κ1) is 13.2. The minimum atomic E-state index is 0.445. The Morgan fingerprint density at radius 3 is 2.21 bits per heavy atom. The van der Waals surface area contributed by atoms with Gasteiger partial charge in [0.1, 0.15) is 12.4 Å². The van der Waals surface area contributed by atoms with Crippen LogP contribution < -0.4 is 4.74 Å².